The van der Waals surface area contributed by atoms with Crippen LogP contribution in [0.2, 0.25) is 13.1 Å². The number of quaternary nitrogens is 1. The molecule has 0 aromatic carbocycles. The average molecular weight is 147 g/mol. The molecule has 0 N–H and O–H groups in total. The van der Waals surface area contributed by atoms with E-state index in [2.05, 4.69) is 34.2 Å². The Labute approximate surface area is 61.9 Å². The van der Waals surface area contributed by atoms with E-state index in [-0.39, 0.29) is 16.2 Å². The Balaban J connectivity index is 0. The van der Waals surface area contributed by atoms with Gasteiger partial charge in [-0.25, -0.2) is 0 Å². The van der Waals surface area contributed by atoms with Crippen LogP contribution in [-0.2, 0) is 0 Å². The van der Waals surface area contributed by atoms with Crippen LogP contribution < -0.4 is 0 Å². The van der Waals surface area contributed by atoms with Gasteiger partial charge >= 0.3 is 0 Å². The van der Waals surface area contributed by atoms with Gasteiger partial charge in [0.2, 0.25) is 0 Å². The van der Waals surface area contributed by atoms with Crippen LogP contribution in [0, 0.1) is 7.43 Å². The third-order valence-electron chi connectivity index (χ3n) is 0.913. The smallest absolute Gasteiger partial charge is 0.0976 e. The van der Waals surface area contributed by atoms with Crippen molar-refractivity contribution in [2.24, 2.45) is 0 Å². The van der Waals surface area contributed by atoms with Crippen molar-refractivity contribution in [3.8, 4) is 0 Å². The van der Waals surface area contributed by atoms with E-state index >= 15 is 0 Å². The van der Waals surface area contributed by atoms with Crippen LogP contribution >= 0.6 is 0 Å². The predicted molar refractivity (Wildman–Crippen MR) is 48.2 cm³/mol. The maximum Gasteiger partial charge on any atom is 0.0976 e. The first-order valence-corrected chi connectivity index (χ1v) is 6.35. The molecule has 0 amide bonds. The van der Waals surface area contributed by atoms with Gasteiger partial charge in [-0.1, -0.05) is 13.1 Å². The summed E-state index contributed by atoms with van der Waals surface area (Å²) in [6.07, 6.45) is 1.40. The molecule has 0 rings (SSSR count). The summed E-state index contributed by atoms with van der Waals surface area (Å²) in [7, 11) is 6.45. The topological polar surface area (TPSA) is 0 Å². The molecule has 0 aromatic rings. The molecule has 0 radical (unpaired) electrons. The zero-order valence-electron chi connectivity index (χ0n) is 7.73. The second-order valence-electron chi connectivity index (χ2n) is 3.87. The fourth-order valence-electron chi connectivity index (χ4n) is 1.10. The highest BCUT2D eigenvalue weighted by Gasteiger charge is 2.09. The Morgan fingerprint density at radius 3 is 1.44 bits per heavy atom. The third-order valence-corrected chi connectivity index (χ3v) is 2.74. The molecular formula is C7H21NSi. The lowest BCUT2D eigenvalue weighted by atomic mass is 10.8. The van der Waals surface area contributed by atoms with Crippen LogP contribution in [0.25, 0.3) is 0 Å². The molecule has 9 heavy (non-hydrogen) atoms. The van der Waals surface area contributed by atoms with Gasteiger partial charge in [-0.2, -0.15) is 0 Å². The third kappa shape index (κ3) is 11.6. The van der Waals surface area contributed by atoms with Crippen LogP contribution in [0.5, 0.6) is 0 Å². The van der Waals surface area contributed by atoms with Crippen molar-refractivity contribution in [3.05, 3.63) is 7.43 Å². The first kappa shape index (κ1) is 11.9. The SMILES string of the molecule is C[SiH](C)C[N+](C)(C)C.[CH3-]. The summed E-state index contributed by atoms with van der Waals surface area (Å²) in [6, 6.07) is 0. The van der Waals surface area contributed by atoms with Crippen LogP contribution in [0.15, 0.2) is 0 Å². The summed E-state index contributed by atoms with van der Waals surface area (Å²) in [4.78, 5) is 0. The molecule has 1 nitrogen and oxygen atoms in total. The fourth-order valence-corrected chi connectivity index (χ4v) is 3.29. The van der Waals surface area contributed by atoms with Gasteiger partial charge in [0.15, 0.2) is 0 Å². The first-order chi connectivity index (χ1) is 3.42. The van der Waals surface area contributed by atoms with Gasteiger partial charge in [-0.05, 0) is 0 Å². The molecule has 0 saturated heterocycles. The molecule has 0 fully saturated rings. The maximum atomic E-state index is 2.39. The summed E-state index contributed by atoms with van der Waals surface area (Å²) in [5.41, 5.74) is 0. The van der Waals surface area contributed by atoms with Crippen molar-refractivity contribution in [3.63, 3.8) is 0 Å². The molecule has 0 aliphatic carbocycles. The van der Waals surface area contributed by atoms with E-state index in [0.29, 0.717) is 0 Å². The molecule has 58 valence electrons. The number of rotatable bonds is 2. The molecule has 0 unspecified atom stereocenters. The summed E-state index contributed by atoms with van der Waals surface area (Å²) in [6.45, 7) is 4.78. The fraction of sp³-hybridized carbons (Fsp3) is 0.857. The molecule has 0 saturated carbocycles. The number of nitrogens with zero attached hydrogens (tertiary/aromatic N) is 1. The van der Waals surface area contributed by atoms with E-state index in [4.69, 9.17) is 0 Å². The molecule has 0 aliphatic heterocycles. The predicted octanol–water partition coefficient (Wildman–Crippen LogP) is 1.17. The second-order valence-corrected chi connectivity index (χ2v) is 7.02. The van der Waals surface area contributed by atoms with Crippen molar-refractivity contribution < 1.29 is 4.48 Å². The Hall–Kier alpha value is 0.177. The number of hydrogen-bond acceptors (Lipinski definition) is 0. The standard InChI is InChI=1S/C6H18NSi.CH3/c1-7(2,3)6-8(4)5;/h8H,6H2,1-5H3;1H3/q+1;-1. The lowest BCUT2D eigenvalue weighted by Gasteiger charge is -2.25. The first-order valence-electron chi connectivity index (χ1n) is 3.22. The lowest BCUT2D eigenvalue weighted by molar-refractivity contribution is -0.859. The van der Waals surface area contributed by atoms with E-state index in [0.717, 1.165) is 4.48 Å². The zero-order chi connectivity index (χ0) is 6.78. The normalized spacial score (nSPS) is 11.3. The van der Waals surface area contributed by atoms with Crippen molar-refractivity contribution in [1.29, 1.82) is 0 Å². The summed E-state index contributed by atoms with van der Waals surface area (Å²) >= 11 is 0. The molecule has 0 aliphatic rings. The highest BCUT2D eigenvalue weighted by Crippen LogP contribution is 1.91. The highest BCUT2D eigenvalue weighted by atomic mass is 28.3. The minimum atomic E-state index is -0.323. The Morgan fingerprint density at radius 2 is 1.44 bits per heavy atom. The zero-order valence-corrected chi connectivity index (χ0v) is 8.89. The van der Waals surface area contributed by atoms with Crippen molar-refractivity contribution in [2.45, 2.75) is 13.1 Å². The molecule has 0 heterocycles. The van der Waals surface area contributed by atoms with Gasteiger partial charge in [0.05, 0.1) is 36.1 Å². The van der Waals surface area contributed by atoms with Gasteiger partial charge in [0, 0.05) is 0 Å². The molecule has 2 heteroatoms. The van der Waals surface area contributed by atoms with Gasteiger partial charge in [-0.3, -0.25) is 0 Å². The molecule has 0 atom stereocenters. The molecule has 0 bridgehead atoms. The van der Waals surface area contributed by atoms with Gasteiger partial charge in [-0.15, -0.1) is 0 Å². The minimum absolute atomic E-state index is 0. The van der Waals surface area contributed by atoms with Gasteiger partial charge in [0.1, 0.15) is 0 Å². The monoisotopic (exact) mass is 147 g/mol. The maximum absolute atomic E-state index is 2.39. The highest BCUT2D eigenvalue weighted by molar-refractivity contribution is 6.55. The summed E-state index contributed by atoms with van der Waals surface area (Å²) in [5, 5.41) is 0. The van der Waals surface area contributed by atoms with E-state index in [1.165, 1.54) is 6.17 Å². The molecule has 0 aromatic heterocycles. The van der Waals surface area contributed by atoms with Crippen LogP contribution in [0.1, 0.15) is 0 Å². The van der Waals surface area contributed by atoms with Gasteiger partial charge in [0.25, 0.3) is 0 Å². The van der Waals surface area contributed by atoms with Crippen molar-refractivity contribution >= 4 is 8.80 Å². The Morgan fingerprint density at radius 1 is 1.11 bits per heavy atom. The lowest BCUT2D eigenvalue weighted by Crippen LogP contribution is -2.41. The van der Waals surface area contributed by atoms with Crippen molar-refractivity contribution in [2.75, 3.05) is 27.3 Å². The Kier molecular flexibility index (Phi) is 5.38. The minimum Gasteiger partial charge on any atom is -0.358 e. The van der Waals surface area contributed by atoms with Crippen LogP contribution in [0.4, 0.5) is 0 Å². The van der Waals surface area contributed by atoms with E-state index in [1.807, 2.05) is 0 Å². The largest absolute Gasteiger partial charge is 0.358 e. The van der Waals surface area contributed by atoms with E-state index < -0.39 is 0 Å². The quantitative estimate of drug-likeness (QED) is 0.312. The van der Waals surface area contributed by atoms with E-state index in [9.17, 15) is 0 Å². The summed E-state index contributed by atoms with van der Waals surface area (Å²) < 4.78 is 1.14. The van der Waals surface area contributed by atoms with Crippen LogP contribution in [0.3, 0.4) is 0 Å². The van der Waals surface area contributed by atoms with Gasteiger partial charge < -0.3 is 11.9 Å². The molecule has 0 spiro atoms. The van der Waals surface area contributed by atoms with E-state index in [1.54, 1.807) is 0 Å². The average Bonchev–Trinajstić information content (AvgIpc) is 1.21. The number of hydrogen-bond donors (Lipinski definition) is 0. The molecular weight excluding hydrogens is 126 g/mol. The van der Waals surface area contributed by atoms with Crippen LogP contribution in [-0.4, -0.2) is 40.6 Å². The Bertz CT molecular complexity index is 63.8. The second kappa shape index (κ2) is 4.07. The summed E-state index contributed by atoms with van der Waals surface area (Å²) in [5.74, 6) is 0. The van der Waals surface area contributed by atoms with Crippen molar-refractivity contribution in [1.82, 2.24) is 0 Å².